The van der Waals surface area contributed by atoms with Gasteiger partial charge < -0.3 is 4.42 Å². The van der Waals surface area contributed by atoms with E-state index in [2.05, 4.69) is 77.5 Å². The molecule has 0 aliphatic carbocycles. The molecule has 0 fully saturated rings. The number of benzene rings is 4. The lowest BCUT2D eigenvalue weighted by Gasteiger charge is -2.06. The summed E-state index contributed by atoms with van der Waals surface area (Å²) in [4.78, 5) is 0. The average molecular weight is 412 g/mol. The number of rotatable bonds is 0. The molecule has 0 saturated heterocycles. The lowest BCUT2D eigenvalue weighted by molar-refractivity contribution is -0.448. The largest absolute Gasteiger partial charge is 0.454 e. The fraction of sp³-hybridized carbons (Fsp3) is 0.0714. The van der Waals surface area contributed by atoms with Gasteiger partial charge in [-0.3, -0.25) is 0 Å². The molecule has 0 spiro atoms. The van der Waals surface area contributed by atoms with Gasteiger partial charge in [-0.15, -0.1) is 0 Å². The Labute approximate surface area is 183 Å². The summed E-state index contributed by atoms with van der Waals surface area (Å²) in [6.07, 6.45) is 0. The molecule has 0 amide bonds. The van der Waals surface area contributed by atoms with E-state index in [1.807, 2.05) is 24.3 Å². The van der Waals surface area contributed by atoms with Gasteiger partial charge in [0.25, 0.3) is 5.65 Å². The van der Waals surface area contributed by atoms with Crippen molar-refractivity contribution < 1.29 is 8.82 Å². The number of pyridine rings is 1. The zero-order valence-corrected chi connectivity index (χ0v) is 17.7. The van der Waals surface area contributed by atoms with Crippen molar-refractivity contribution in [1.82, 2.24) is 4.57 Å². The number of aromatic nitrogens is 2. The summed E-state index contributed by atoms with van der Waals surface area (Å²) >= 11 is 0. The molecule has 150 valence electrons. The second kappa shape index (κ2) is 5.87. The Bertz CT molecular complexity index is 1960. The van der Waals surface area contributed by atoms with E-state index in [-0.39, 0.29) is 0 Å². The van der Waals surface area contributed by atoms with Gasteiger partial charge >= 0.3 is 0 Å². The fourth-order valence-electron chi connectivity index (χ4n) is 5.40. The van der Waals surface area contributed by atoms with Crippen LogP contribution in [0, 0.1) is 18.3 Å². The standard InChI is InChI=1S/C28H18N3O/c1-16-8-7-11-19-18-9-3-5-12-21(18)31-26-22(30(2)28(31)24(16)19)14-17(15-29)27-25(26)20-10-4-6-13-23(20)32-27/h3-14H,1-2H3/q+1. The molecule has 7 rings (SSSR count). The van der Waals surface area contributed by atoms with Crippen molar-refractivity contribution in [2.75, 3.05) is 0 Å². The van der Waals surface area contributed by atoms with E-state index in [4.69, 9.17) is 4.42 Å². The fourth-order valence-corrected chi connectivity index (χ4v) is 5.40. The highest BCUT2D eigenvalue weighted by Gasteiger charge is 2.29. The SMILES string of the molecule is Cc1cccc2c3ccccc3[n+]3c4c5c(oc6ccccc65)c(C#N)cc4n(C)c3c12. The van der Waals surface area contributed by atoms with Crippen LogP contribution in [0.4, 0.5) is 0 Å². The van der Waals surface area contributed by atoms with E-state index in [9.17, 15) is 5.26 Å². The van der Waals surface area contributed by atoms with Crippen LogP contribution in [-0.2, 0) is 7.05 Å². The topological polar surface area (TPSA) is 46.0 Å². The van der Waals surface area contributed by atoms with Crippen molar-refractivity contribution in [2.24, 2.45) is 7.05 Å². The number of imidazole rings is 1. The molecule has 7 aromatic rings. The van der Waals surface area contributed by atoms with Gasteiger partial charge in [0.05, 0.1) is 23.4 Å². The second-order valence-electron chi connectivity index (χ2n) is 8.44. The van der Waals surface area contributed by atoms with Crippen LogP contribution >= 0.6 is 0 Å². The van der Waals surface area contributed by atoms with E-state index in [1.165, 1.54) is 21.7 Å². The summed E-state index contributed by atoms with van der Waals surface area (Å²) in [5.41, 5.74) is 7.58. The number of aryl methyl sites for hydroxylation is 2. The molecule has 0 N–H and O–H groups in total. The Hall–Kier alpha value is -4.36. The lowest BCUT2D eigenvalue weighted by Crippen LogP contribution is -2.23. The summed E-state index contributed by atoms with van der Waals surface area (Å²) in [5, 5.41) is 15.6. The van der Waals surface area contributed by atoms with Gasteiger partial charge in [0, 0.05) is 22.2 Å². The van der Waals surface area contributed by atoms with Crippen molar-refractivity contribution >= 4 is 60.3 Å². The number of fused-ring (bicyclic) bond motifs is 12. The first-order valence-corrected chi connectivity index (χ1v) is 10.7. The van der Waals surface area contributed by atoms with E-state index in [0.717, 1.165) is 38.6 Å². The van der Waals surface area contributed by atoms with Crippen molar-refractivity contribution in [3.05, 3.63) is 83.9 Å². The first-order chi connectivity index (χ1) is 15.7. The predicted molar refractivity (Wildman–Crippen MR) is 128 cm³/mol. The van der Waals surface area contributed by atoms with Gasteiger partial charge in [-0.05, 0) is 24.6 Å². The van der Waals surface area contributed by atoms with Crippen molar-refractivity contribution in [2.45, 2.75) is 6.92 Å². The molecular formula is C28H18N3O+. The molecule has 0 unspecified atom stereocenters. The number of hydrogen-bond donors (Lipinski definition) is 0. The summed E-state index contributed by atoms with van der Waals surface area (Å²) in [5.74, 6) is 0. The number of para-hydroxylation sites is 2. The Morgan fingerprint density at radius 2 is 1.62 bits per heavy atom. The van der Waals surface area contributed by atoms with Crippen LogP contribution < -0.4 is 4.40 Å². The molecule has 0 atom stereocenters. The number of furan rings is 1. The highest BCUT2D eigenvalue weighted by atomic mass is 16.3. The Kier molecular flexibility index (Phi) is 3.18. The molecule has 0 aliphatic heterocycles. The normalized spacial score (nSPS) is 12.0. The second-order valence-corrected chi connectivity index (χ2v) is 8.44. The van der Waals surface area contributed by atoms with Gasteiger partial charge in [0.15, 0.2) is 16.6 Å². The Balaban J connectivity index is 1.95. The van der Waals surface area contributed by atoms with Gasteiger partial charge in [-0.25, -0.2) is 4.57 Å². The minimum absolute atomic E-state index is 0.556. The molecule has 4 heteroatoms. The van der Waals surface area contributed by atoms with Crippen molar-refractivity contribution in [3.63, 3.8) is 0 Å². The monoisotopic (exact) mass is 412 g/mol. The third-order valence-electron chi connectivity index (χ3n) is 6.77. The molecule has 0 bridgehead atoms. The smallest absolute Gasteiger partial charge is 0.295 e. The molecule has 4 nitrogen and oxygen atoms in total. The molecule has 0 saturated carbocycles. The molecule has 3 heterocycles. The highest BCUT2D eigenvalue weighted by Crippen LogP contribution is 2.38. The number of hydrogen-bond acceptors (Lipinski definition) is 2. The van der Waals surface area contributed by atoms with E-state index >= 15 is 0 Å². The third-order valence-corrected chi connectivity index (χ3v) is 6.77. The van der Waals surface area contributed by atoms with Crippen LogP contribution in [-0.4, -0.2) is 4.57 Å². The minimum Gasteiger partial charge on any atom is -0.454 e. The maximum Gasteiger partial charge on any atom is 0.295 e. The molecule has 4 aromatic carbocycles. The van der Waals surface area contributed by atoms with Gasteiger partial charge in [0.1, 0.15) is 17.2 Å². The van der Waals surface area contributed by atoms with E-state index < -0.39 is 0 Å². The van der Waals surface area contributed by atoms with Gasteiger partial charge in [0.2, 0.25) is 0 Å². The summed E-state index contributed by atoms with van der Waals surface area (Å²) in [7, 11) is 2.09. The van der Waals surface area contributed by atoms with E-state index in [0.29, 0.717) is 11.1 Å². The van der Waals surface area contributed by atoms with Crippen molar-refractivity contribution in [3.8, 4) is 6.07 Å². The predicted octanol–water partition coefficient (Wildman–Crippen LogP) is 6.30. The van der Waals surface area contributed by atoms with Crippen LogP contribution in [0.25, 0.3) is 60.3 Å². The van der Waals surface area contributed by atoms with Crippen LogP contribution in [0.3, 0.4) is 0 Å². The van der Waals surface area contributed by atoms with Gasteiger partial charge in [-0.1, -0.05) is 54.6 Å². The molecule has 32 heavy (non-hydrogen) atoms. The Morgan fingerprint density at radius 1 is 0.875 bits per heavy atom. The summed E-state index contributed by atoms with van der Waals surface area (Å²) in [6.45, 7) is 2.16. The molecular weight excluding hydrogens is 394 g/mol. The number of nitriles is 1. The maximum absolute atomic E-state index is 9.95. The zero-order chi connectivity index (χ0) is 21.6. The number of nitrogens with zero attached hydrogens (tertiary/aromatic N) is 3. The highest BCUT2D eigenvalue weighted by molar-refractivity contribution is 6.19. The van der Waals surface area contributed by atoms with Crippen LogP contribution in [0.5, 0.6) is 0 Å². The van der Waals surface area contributed by atoms with Crippen LogP contribution in [0.15, 0.2) is 77.2 Å². The zero-order valence-electron chi connectivity index (χ0n) is 17.7. The first-order valence-electron chi connectivity index (χ1n) is 10.7. The van der Waals surface area contributed by atoms with Crippen LogP contribution in [0.2, 0.25) is 0 Å². The quantitative estimate of drug-likeness (QED) is 0.217. The average Bonchev–Trinajstić information content (AvgIpc) is 3.35. The van der Waals surface area contributed by atoms with Crippen LogP contribution in [0.1, 0.15) is 11.1 Å². The van der Waals surface area contributed by atoms with E-state index in [1.54, 1.807) is 0 Å². The molecule has 3 aromatic heterocycles. The van der Waals surface area contributed by atoms with Crippen molar-refractivity contribution in [1.29, 1.82) is 5.26 Å². The first kappa shape index (κ1) is 17.3. The third kappa shape index (κ3) is 1.94. The maximum atomic E-state index is 9.95. The molecule has 0 aliphatic rings. The summed E-state index contributed by atoms with van der Waals surface area (Å²) < 4.78 is 10.8. The minimum atomic E-state index is 0.556. The Morgan fingerprint density at radius 3 is 2.47 bits per heavy atom. The lowest BCUT2D eigenvalue weighted by atomic mass is 10.0. The summed E-state index contributed by atoms with van der Waals surface area (Å²) in [6, 6.07) is 27.4. The van der Waals surface area contributed by atoms with Gasteiger partial charge in [-0.2, -0.15) is 9.66 Å². The molecule has 0 radical (unpaired) electrons.